The molecule has 2 aromatic rings. The highest BCUT2D eigenvalue weighted by molar-refractivity contribution is 5.94. The smallest absolute Gasteiger partial charge is 0.328 e. The number of carbonyl (C=O) groups is 1. The molecule has 0 aliphatic heterocycles. The molecule has 2 rings (SSSR count). The summed E-state index contributed by atoms with van der Waals surface area (Å²) in [6.07, 6.45) is 5.06. The Balaban J connectivity index is 2.24. The number of carbonyl (C=O) groups excluding carboxylic acids is 1. The first-order valence-corrected chi connectivity index (χ1v) is 4.96. The van der Waals surface area contributed by atoms with Gasteiger partial charge in [0.15, 0.2) is 5.78 Å². The topological polar surface area (TPSA) is 48.9 Å². The summed E-state index contributed by atoms with van der Waals surface area (Å²) in [6.45, 7) is 0.0809. The third-order valence-corrected chi connectivity index (χ3v) is 2.56. The van der Waals surface area contributed by atoms with Gasteiger partial charge in [0.1, 0.15) is 0 Å². The Morgan fingerprint density at radius 3 is 2.44 bits per heavy atom. The number of hydrogen-bond acceptors (Lipinski definition) is 2. The minimum atomic E-state index is -0.178. The average Bonchev–Trinajstić information content (AvgIpc) is 2.79. The van der Waals surface area contributed by atoms with Crippen LogP contribution in [-0.4, -0.2) is 19.5 Å². The highest BCUT2D eigenvalue weighted by Crippen LogP contribution is 2.02. The molecule has 5 nitrogen and oxygen atoms in total. The molecule has 2 heterocycles. The first-order chi connectivity index (χ1) is 7.59. The maximum atomic E-state index is 11.9. The predicted octanol–water partition coefficient (Wildman–Crippen LogP) is 0.408. The number of Topliss-reactive ketones (excluding diaryl/α,β-unsaturated/α-hetero) is 1. The largest absolute Gasteiger partial charge is 0.348 e. The second kappa shape index (κ2) is 3.84. The lowest BCUT2D eigenvalue weighted by Gasteiger charge is -2.02. The minimum absolute atomic E-state index is 0.0687. The van der Waals surface area contributed by atoms with Crippen LogP contribution in [0.2, 0.25) is 0 Å². The van der Waals surface area contributed by atoms with E-state index in [0.717, 1.165) is 0 Å². The molecule has 0 bridgehead atoms. The fourth-order valence-corrected chi connectivity index (χ4v) is 1.62. The number of hydrogen-bond donors (Lipinski definition) is 0. The number of ketones is 1. The number of aryl methyl sites for hydroxylation is 2. The van der Waals surface area contributed by atoms with Crippen molar-refractivity contribution in [2.45, 2.75) is 6.54 Å². The van der Waals surface area contributed by atoms with Crippen molar-refractivity contribution < 1.29 is 4.79 Å². The first kappa shape index (κ1) is 10.5. The third kappa shape index (κ3) is 1.71. The maximum absolute atomic E-state index is 11.9. The highest BCUT2D eigenvalue weighted by atomic mass is 16.2. The standard InChI is InChI=1S/C11H13N3O2/c1-12-5-3-4-9(12)10(15)8-14-7-6-13(2)11(14)16/h3-7H,8H2,1-2H3. The zero-order chi connectivity index (χ0) is 11.7. The molecular weight excluding hydrogens is 206 g/mol. The normalized spacial score (nSPS) is 10.6. The Morgan fingerprint density at radius 2 is 1.94 bits per heavy atom. The summed E-state index contributed by atoms with van der Waals surface area (Å²) in [4.78, 5) is 23.4. The number of imidazole rings is 1. The first-order valence-electron chi connectivity index (χ1n) is 4.96. The fourth-order valence-electron chi connectivity index (χ4n) is 1.62. The van der Waals surface area contributed by atoms with E-state index >= 15 is 0 Å². The molecule has 84 valence electrons. The van der Waals surface area contributed by atoms with Crippen molar-refractivity contribution in [1.29, 1.82) is 0 Å². The van der Waals surface area contributed by atoms with Gasteiger partial charge in [-0.2, -0.15) is 0 Å². The van der Waals surface area contributed by atoms with E-state index in [9.17, 15) is 9.59 Å². The van der Waals surface area contributed by atoms with E-state index < -0.39 is 0 Å². The van der Waals surface area contributed by atoms with Crippen molar-refractivity contribution in [3.05, 3.63) is 46.9 Å². The second-order valence-corrected chi connectivity index (χ2v) is 3.75. The molecule has 0 N–H and O–H groups in total. The van der Waals surface area contributed by atoms with Crippen LogP contribution in [-0.2, 0) is 20.6 Å². The van der Waals surface area contributed by atoms with Crippen LogP contribution in [0.5, 0.6) is 0 Å². The third-order valence-electron chi connectivity index (χ3n) is 2.56. The molecule has 0 radical (unpaired) electrons. The van der Waals surface area contributed by atoms with Gasteiger partial charge >= 0.3 is 5.69 Å². The molecule has 0 spiro atoms. The zero-order valence-electron chi connectivity index (χ0n) is 9.25. The van der Waals surface area contributed by atoms with Gasteiger partial charge in [-0.1, -0.05) is 0 Å². The van der Waals surface area contributed by atoms with Gasteiger partial charge < -0.3 is 9.13 Å². The zero-order valence-corrected chi connectivity index (χ0v) is 9.25. The van der Waals surface area contributed by atoms with Crippen LogP contribution in [0.3, 0.4) is 0 Å². The number of nitrogens with zero attached hydrogens (tertiary/aromatic N) is 3. The summed E-state index contributed by atoms with van der Waals surface area (Å²) in [6, 6.07) is 3.55. The van der Waals surface area contributed by atoms with Gasteiger partial charge in [0.25, 0.3) is 0 Å². The summed E-state index contributed by atoms with van der Waals surface area (Å²) in [5, 5.41) is 0. The van der Waals surface area contributed by atoms with Gasteiger partial charge in [0, 0.05) is 32.7 Å². The van der Waals surface area contributed by atoms with Crippen molar-refractivity contribution in [3.8, 4) is 0 Å². The van der Waals surface area contributed by atoms with Gasteiger partial charge in [-0.15, -0.1) is 0 Å². The fraction of sp³-hybridized carbons (Fsp3) is 0.273. The lowest BCUT2D eigenvalue weighted by Crippen LogP contribution is -2.25. The van der Waals surface area contributed by atoms with Gasteiger partial charge in [-0.3, -0.25) is 9.36 Å². The monoisotopic (exact) mass is 219 g/mol. The lowest BCUT2D eigenvalue weighted by molar-refractivity contribution is 0.0963. The summed E-state index contributed by atoms with van der Waals surface area (Å²) in [5.74, 6) is -0.0687. The van der Waals surface area contributed by atoms with Gasteiger partial charge in [0.05, 0.1) is 12.2 Å². The van der Waals surface area contributed by atoms with Crippen molar-refractivity contribution in [2.75, 3.05) is 0 Å². The molecule has 2 aromatic heterocycles. The summed E-state index contributed by atoms with van der Waals surface area (Å²) in [7, 11) is 3.47. The van der Waals surface area contributed by atoms with Crippen LogP contribution in [0, 0.1) is 0 Å². The Morgan fingerprint density at radius 1 is 1.19 bits per heavy atom. The number of aromatic nitrogens is 3. The molecule has 0 saturated carbocycles. The molecule has 0 unspecified atom stereocenters. The Hall–Kier alpha value is -2.04. The summed E-state index contributed by atoms with van der Waals surface area (Å²) < 4.78 is 4.59. The van der Waals surface area contributed by atoms with Gasteiger partial charge in [-0.25, -0.2) is 4.79 Å². The van der Waals surface area contributed by atoms with Crippen LogP contribution >= 0.6 is 0 Å². The SMILES string of the molecule is Cn1cccc1C(=O)Cn1ccn(C)c1=O. The van der Waals surface area contributed by atoms with Crippen LogP contribution in [0.25, 0.3) is 0 Å². The van der Waals surface area contributed by atoms with Crippen molar-refractivity contribution in [2.24, 2.45) is 14.1 Å². The molecule has 0 atom stereocenters. The van der Waals surface area contributed by atoms with E-state index in [4.69, 9.17) is 0 Å². The Labute approximate surface area is 92.5 Å². The molecule has 16 heavy (non-hydrogen) atoms. The van der Waals surface area contributed by atoms with Crippen LogP contribution in [0.4, 0.5) is 0 Å². The highest BCUT2D eigenvalue weighted by Gasteiger charge is 2.11. The molecule has 0 aliphatic rings. The van der Waals surface area contributed by atoms with Crippen molar-refractivity contribution in [1.82, 2.24) is 13.7 Å². The molecule has 5 heteroatoms. The van der Waals surface area contributed by atoms with Crippen LogP contribution in [0.1, 0.15) is 10.5 Å². The number of rotatable bonds is 3. The average molecular weight is 219 g/mol. The second-order valence-electron chi connectivity index (χ2n) is 3.75. The minimum Gasteiger partial charge on any atom is -0.348 e. The quantitative estimate of drug-likeness (QED) is 0.702. The van der Waals surface area contributed by atoms with Gasteiger partial charge in [0.2, 0.25) is 0 Å². The lowest BCUT2D eigenvalue weighted by atomic mass is 10.3. The maximum Gasteiger partial charge on any atom is 0.328 e. The van der Waals surface area contributed by atoms with Crippen LogP contribution < -0.4 is 5.69 Å². The Bertz CT molecular complexity index is 574. The molecule has 0 fully saturated rings. The van der Waals surface area contributed by atoms with E-state index in [1.807, 2.05) is 0 Å². The van der Waals surface area contributed by atoms with Crippen molar-refractivity contribution >= 4 is 5.78 Å². The summed E-state index contributed by atoms with van der Waals surface area (Å²) in [5.41, 5.74) is 0.429. The van der Waals surface area contributed by atoms with E-state index in [1.165, 1.54) is 9.13 Å². The van der Waals surface area contributed by atoms with E-state index in [2.05, 4.69) is 0 Å². The van der Waals surface area contributed by atoms with Crippen LogP contribution in [0.15, 0.2) is 35.5 Å². The molecule has 0 amide bonds. The molecule has 0 aliphatic carbocycles. The van der Waals surface area contributed by atoms with E-state index in [1.54, 1.807) is 49.4 Å². The van der Waals surface area contributed by atoms with Crippen molar-refractivity contribution in [3.63, 3.8) is 0 Å². The van der Waals surface area contributed by atoms with E-state index in [-0.39, 0.29) is 18.0 Å². The molecule has 0 saturated heterocycles. The van der Waals surface area contributed by atoms with Gasteiger partial charge in [-0.05, 0) is 12.1 Å². The summed E-state index contributed by atoms with van der Waals surface area (Å²) >= 11 is 0. The molecule has 0 aromatic carbocycles. The Kier molecular flexibility index (Phi) is 2.52. The molecular formula is C11H13N3O2. The predicted molar refractivity (Wildman–Crippen MR) is 59.4 cm³/mol. The van der Waals surface area contributed by atoms with E-state index in [0.29, 0.717) is 5.69 Å².